The molecule has 0 amide bonds. The molecule has 188 valence electrons. The second-order valence-corrected chi connectivity index (χ2v) is 9.48. The Bertz CT molecular complexity index is 1740. The number of piperazine rings is 1. The number of aldehydes is 1. The first-order valence-corrected chi connectivity index (χ1v) is 12.4. The lowest BCUT2D eigenvalue weighted by Gasteiger charge is -2.38. The lowest BCUT2D eigenvalue weighted by Crippen LogP contribution is -2.52. The third-order valence-electron chi connectivity index (χ3n) is 7.05. The number of hydrogen-bond donors (Lipinski definition) is 0. The number of pyridine rings is 2. The van der Waals surface area contributed by atoms with E-state index in [4.69, 9.17) is 4.98 Å². The van der Waals surface area contributed by atoms with Gasteiger partial charge < -0.3 is 9.69 Å². The number of aryl methyl sites for hydroxylation is 1. The number of halogens is 1. The third kappa shape index (κ3) is 4.27. The molecule has 1 aliphatic heterocycles. The van der Waals surface area contributed by atoms with Gasteiger partial charge in [-0.25, -0.2) is 9.37 Å². The smallest absolute Gasteiger partial charge is 0.148 e. The first kappa shape index (κ1) is 23.8. The van der Waals surface area contributed by atoms with Gasteiger partial charge in [-0.15, -0.1) is 0 Å². The van der Waals surface area contributed by atoms with Gasteiger partial charge in [0.2, 0.25) is 0 Å². The zero-order valence-electron chi connectivity index (χ0n) is 21.1. The van der Waals surface area contributed by atoms with Crippen molar-refractivity contribution in [3.8, 4) is 17.5 Å². The van der Waals surface area contributed by atoms with Crippen LogP contribution in [0.5, 0.6) is 0 Å². The molecule has 1 fully saturated rings. The Morgan fingerprint density at radius 1 is 1.03 bits per heavy atom. The van der Waals surface area contributed by atoms with E-state index in [1.54, 1.807) is 24.7 Å². The first-order valence-electron chi connectivity index (χ1n) is 12.4. The molecule has 4 heterocycles. The maximum atomic E-state index is 15.5. The fourth-order valence-electron chi connectivity index (χ4n) is 5.00. The molecule has 5 aromatic rings. The summed E-state index contributed by atoms with van der Waals surface area (Å²) in [6.45, 7) is 3.71. The SMILES string of the molecule is Cc1nc2cnc3ccc(C#Cc4cccnc4)cc3c2n1-c1ccc(N2CCN(C)C(C=O)C2)c(F)c1. The van der Waals surface area contributed by atoms with Crippen molar-refractivity contribution in [2.24, 2.45) is 0 Å². The van der Waals surface area contributed by atoms with Crippen molar-refractivity contribution in [2.45, 2.75) is 13.0 Å². The number of carbonyl (C=O) groups excluding carboxylic acids is 1. The normalized spacial score (nSPS) is 16.0. The number of anilines is 1. The van der Waals surface area contributed by atoms with E-state index in [1.807, 2.05) is 64.7 Å². The molecule has 0 spiro atoms. The van der Waals surface area contributed by atoms with Gasteiger partial charge in [-0.2, -0.15) is 0 Å². The van der Waals surface area contributed by atoms with Crippen LogP contribution in [0.25, 0.3) is 27.6 Å². The molecule has 38 heavy (non-hydrogen) atoms. The molecule has 0 aliphatic carbocycles. The standard InChI is InChI=1S/C30H25FN6O/c1-20-34-28-17-33-27-9-7-21(5-6-22-4-3-11-32-16-22)14-25(27)30(28)37(20)23-8-10-29(26(31)15-23)36-13-12-35(2)24(18-36)19-38/h3-4,7-11,14-17,19,24H,12-13,18H2,1-2H3. The Morgan fingerprint density at radius 3 is 2.68 bits per heavy atom. The number of rotatable bonds is 3. The number of aromatic nitrogens is 4. The highest BCUT2D eigenvalue weighted by Crippen LogP contribution is 2.31. The van der Waals surface area contributed by atoms with Gasteiger partial charge in [0.1, 0.15) is 23.4 Å². The average Bonchev–Trinajstić information content (AvgIpc) is 3.29. The summed E-state index contributed by atoms with van der Waals surface area (Å²) in [5.41, 5.74) is 5.22. The summed E-state index contributed by atoms with van der Waals surface area (Å²) in [6.07, 6.45) is 6.12. The summed E-state index contributed by atoms with van der Waals surface area (Å²) in [4.78, 5) is 28.8. The van der Waals surface area contributed by atoms with Crippen molar-refractivity contribution in [2.75, 3.05) is 31.6 Å². The summed E-state index contributed by atoms with van der Waals surface area (Å²) in [6, 6.07) is 14.6. The minimum atomic E-state index is -0.334. The van der Waals surface area contributed by atoms with Crippen LogP contribution in [0.3, 0.4) is 0 Å². The van der Waals surface area contributed by atoms with E-state index < -0.39 is 0 Å². The van der Waals surface area contributed by atoms with E-state index in [1.165, 1.54) is 6.07 Å². The highest BCUT2D eigenvalue weighted by atomic mass is 19.1. The maximum Gasteiger partial charge on any atom is 0.148 e. The number of likely N-dealkylation sites (N-methyl/N-ethyl adjacent to an activating group) is 1. The molecule has 6 rings (SSSR count). The van der Waals surface area contributed by atoms with Crippen LogP contribution in [0.2, 0.25) is 0 Å². The monoisotopic (exact) mass is 504 g/mol. The number of imidazole rings is 1. The van der Waals surface area contributed by atoms with Crippen LogP contribution in [0.15, 0.2) is 67.1 Å². The van der Waals surface area contributed by atoms with Gasteiger partial charge in [0.05, 0.1) is 34.6 Å². The minimum Gasteiger partial charge on any atom is -0.366 e. The zero-order valence-corrected chi connectivity index (χ0v) is 21.1. The van der Waals surface area contributed by atoms with Crippen molar-refractivity contribution >= 4 is 33.9 Å². The molecule has 1 saturated heterocycles. The summed E-state index contributed by atoms with van der Waals surface area (Å²) in [5.74, 6) is 6.75. The topological polar surface area (TPSA) is 67.2 Å². The van der Waals surface area contributed by atoms with Crippen LogP contribution < -0.4 is 4.90 Å². The van der Waals surface area contributed by atoms with E-state index in [9.17, 15) is 4.79 Å². The molecule has 1 aliphatic rings. The van der Waals surface area contributed by atoms with E-state index in [-0.39, 0.29) is 11.9 Å². The molecular weight excluding hydrogens is 479 g/mol. The van der Waals surface area contributed by atoms with E-state index in [0.717, 1.165) is 45.2 Å². The highest BCUT2D eigenvalue weighted by molar-refractivity contribution is 6.03. The lowest BCUT2D eigenvalue weighted by molar-refractivity contribution is -0.112. The van der Waals surface area contributed by atoms with E-state index >= 15 is 4.39 Å². The molecular formula is C30H25FN6O. The molecule has 3 aromatic heterocycles. The highest BCUT2D eigenvalue weighted by Gasteiger charge is 2.26. The molecule has 1 unspecified atom stereocenters. The van der Waals surface area contributed by atoms with Gasteiger partial charge in [-0.05, 0) is 56.4 Å². The van der Waals surface area contributed by atoms with Crippen molar-refractivity contribution in [3.63, 3.8) is 0 Å². The van der Waals surface area contributed by atoms with Crippen LogP contribution >= 0.6 is 0 Å². The van der Waals surface area contributed by atoms with E-state index in [2.05, 4.69) is 21.8 Å². The summed E-state index contributed by atoms with van der Waals surface area (Å²) >= 11 is 0. The number of hydrogen-bond acceptors (Lipinski definition) is 6. The molecule has 7 nitrogen and oxygen atoms in total. The Kier molecular flexibility index (Phi) is 6.06. The molecule has 0 radical (unpaired) electrons. The van der Waals surface area contributed by atoms with E-state index in [0.29, 0.717) is 31.0 Å². The number of carbonyl (C=O) groups is 1. The average molecular weight is 505 g/mol. The summed E-state index contributed by atoms with van der Waals surface area (Å²) in [7, 11) is 1.91. The van der Waals surface area contributed by atoms with Gasteiger partial charge >= 0.3 is 0 Å². The van der Waals surface area contributed by atoms with Crippen molar-refractivity contribution < 1.29 is 9.18 Å². The van der Waals surface area contributed by atoms with Crippen LogP contribution in [0.1, 0.15) is 17.0 Å². The maximum absolute atomic E-state index is 15.5. The lowest BCUT2D eigenvalue weighted by atomic mass is 10.1. The largest absolute Gasteiger partial charge is 0.366 e. The Labute approximate surface area is 219 Å². The summed E-state index contributed by atoms with van der Waals surface area (Å²) < 4.78 is 17.5. The quantitative estimate of drug-likeness (QED) is 0.272. The van der Waals surface area contributed by atoms with Crippen molar-refractivity contribution in [1.29, 1.82) is 0 Å². The van der Waals surface area contributed by atoms with Gasteiger partial charge in [0.15, 0.2) is 0 Å². The second-order valence-electron chi connectivity index (χ2n) is 9.48. The van der Waals surface area contributed by atoms with Gasteiger partial charge in [0, 0.05) is 54.6 Å². The number of nitrogens with zero attached hydrogens (tertiary/aromatic N) is 6. The van der Waals surface area contributed by atoms with Gasteiger partial charge in [-0.1, -0.05) is 11.8 Å². The molecule has 0 N–H and O–H groups in total. The third-order valence-corrected chi connectivity index (χ3v) is 7.05. The van der Waals surface area contributed by atoms with Crippen molar-refractivity contribution in [1.82, 2.24) is 24.4 Å². The Balaban J connectivity index is 1.43. The molecule has 1 atom stereocenters. The van der Waals surface area contributed by atoms with Gasteiger partial charge in [-0.3, -0.25) is 19.4 Å². The Hall–Kier alpha value is -4.61. The van der Waals surface area contributed by atoms with Gasteiger partial charge in [0.25, 0.3) is 0 Å². The summed E-state index contributed by atoms with van der Waals surface area (Å²) in [5, 5.41) is 0.887. The minimum absolute atomic E-state index is 0.253. The predicted octanol–water partition coefficient (Wildman–Crippen LogP) is 4.14. The fraction of sp³-hybridized carbons (Fsp3) is 0.200. The van der Waals surface area contributed by atoms with Crippen molar-refractivity contribution in [3.05, 3.63) is 89.9 Å². The zero-order chi connectivity index (χ0) is 26.2. The predicted molar refractivity (Wildman–Crippen MR) is 146 cm³/mol. The molecule has 8 heteroatoms. The van der Waals surface area contributed by atoms with Crippen LogP contribution in [0.4, 0.5) is 10.1 Å². The number of benzene rings is 2. The number of fused-ring (bicyclic) bond motifs is 3. The van der Waals surface area contributed by atoms with Crippen LogP contribution in [-0.2, 0) is 4.79 Å². The molecule has 0 bridgehead atoms. The Morgan fingerprint density at radius 2 is 1.89 bits per heavy atom. The first-order chi connectivity index (χ1) is 18.5. The second kappa shape index (κ2) is 9.69. The molecule has 2 aromatic carbocycles. The van der Waals surface area contributed by atoms with Crippen LogP contribution in [0, 0.1) is 24.6 Å². The van der Waals surface area contributed by atoms with Crippen LogP contribution in [-0.4, -0.2) is 63.4 Å². The fourth-order valence-corrected chi connectivity index (χ4v) is 5.00. The molecule has 0 saturated carbocycles.